The van der Waals surface area contributed by atoms with Gasteiger partial charge >= 0.3 is 0 Å². The molecule has 6 heteroatoms. The molecule has 0 radical (unpaired) electrons. The van der Waals surface area contributed by atoms with Gasteiger partial charge in [-0.15, -0.1) is 0 Å². The quantitative estimate of drug-likeness (QED) is 0.926. The van der Waals surface area contributed by atoms with Crippen LogP contribution in [0.4, 0.5) is 0 Å². The van der Waals surface area contributed by atoms with Crippen LogP contribution in [0.2, 0.25) is 0 Å². The highest BCUT2D eigenvalue weighted by Gasteiger charge is 2.35. The number of rotatable bonds is 3. The lowest BCUT2D eigenvalue weighted by Crippen LogP contribution is -2.50. The minimum atomic E-state index is -0.119. The van der Waals surface area contributed by atoms with Crippen molar-refractivity contribution < 1.29 is 9.53 Å². The van der Waals surface area contributed by atoms with Crippen LogP contribution in [0.3, 0.4) is 0 Å². The third-order valence-corrected chi connectivity index (χ3v) is 4.81. The third-order valence-electron chi connectivity index (χ3n) is 4.81. The first kappa shape index (κ1) is 14.7. The van der Waals surface area contributed by atoms with Crippen molar-refractivity contribution in [2.45, 2.75) is 31.8 Å². The van der Waals surface area contributed by atoms with E-state index in [1.165, 1.54) is 12.8 Å². The molecule has 122 valence electrons. The molecular weight excluding hydrogens is 292 g/mol. The Morgan fingerprint density at radius 1 is 1.26 bits per heavy atom. The number of nitrogens with one attached hydrogen (secondary N) is 1. The Labute approximate surface area is 135 Å². The van der Waals surface area contributed by atoms with Crippen molar-refractivity contribution in [3.05, 3.63) is 35.8 Å². The molecule has 23 heavy (non-hydrogen) atoms. The molecule has 1 amide bonds. The summed E-state index contributed by atoms with van der Waals surface area (Å²) in [6, 6.07) is 4.27. The highest BCUT2D eigenvalue weighted by Crippen LogP contribution is 2.19. The summed E-state index contributed by atoms with van der Waals surface area (Å²) in [6.07, 6.45) is 6.25. The van der Waals surface area contributed by atoms with Crippen molar-refractivity contribution in [1.82, 2.24) is 19.6 Å². The standard InChI is InChI=1S/C17H22N4O2/c1-12-4-5-16-18-13(9-21(16)8-12)17(22)19-14-10-23-11-15(14)20-6-2-3-7-20/h4-5,8-9,14-15H,2-3,6-7,10-11H2,1H3,(H,19,22)/t14-,15-/m1/s1. The first-order chi connectivity index (χ1) is 11.2. The van der Waals surface area contributed by atoms with Crippen LogP contribution in [-0.2, 0) is 4.74 Å². The van der Waals surface area contributed by atoms with Gasteiger partial charge in [0.25, 0.3) is 5.91 Å². The zero-order valence-corrected chi connectivity index (χ0v) is 13.4. The molecule has 4 heterocycles. The Hall–Kier alpha value is -1.92. The number of hydrogen-bond donors (Lipinski definition) is 1. The molecule has 4 rings (SSSR count). The first-order valence-corrected chi connectivity index (χ1v) is 8.29. The maximum Gasteiger partial charge on any atom is 0.271 e. The topological polar surface area (TPSA) is 58.9 Å². The van der Waals surface area contributed by atoms with E-state index in [0.717, 1.165) is 24.3 Å². The van der Waals surface area contributed by atoms with E-state index in [-0.39, 0.29) is 11.9 Å². The van der Waals surface area contributed by atoms with Crippen LogP contribution in [0.25, 0.3) is 5.65 Å². The molecule has 2 atom stereocenters. The molecule has 2 aromatic heterocycles. The number of nitrogens with zero attached hydrogens (tertiary/aromatic N) is 3. The van der Waals surface area contributed by atoms with Gasteiger partial charge in [0.15, 0.2) is 0 Å². The molecule has 6 nitrogen and oxygen atoms in total. The number of aromatic nitrogens is 2. The third kappa shape index (κ3) is 2.84. The second kappa shape index (κ2) is 5.94. The highest BCUT2D eigenvalue weighted by atomic mass is 16.5. The maximum atomic E-state index is 12.6. The van der Waals surface area contributed by atoms with Gasteiger partial charge in [-0.25, -0.2) is 4.98 Å². The smallest absolute Gasteiger partial charge is 0.271 e. The minimum Gasteiger partial charge on any atom is -0.378 e. The van der Waals surface area contributed by atoms with E-state index in [1.54, 1.807) is 6.20 Å². The van der Waals surface area contributed by atoms with E-state index >= 15 is 0 Å². The first-order valence-electron chi connectivity index (χ1n) is 8.29. The number of carbonyl (C=O) groups is 1. The average Bonchev–Trinajstić information content (AvgIpc) is 3.26. The van der Waals surface area contributed by atoms with Gasteiger partial charge in [-0.3, -0.25) is 9.69 Å². The fourth-order valence-electron chi connectivity index (χ4n) is 3.57. The van der Waals surface area contributed by atoms with Gasteiger partial charge in [-0.2, -0.15) is 0 Å². The lowest BCUT2D eigenvalue weighted by Gasteiger charge is -2.27. The van der Waals surface area contributed by atoms with Crippen LogP contribution >= 0.6 is 0 Å². The molecular formula is C17H22N4O2. The van der Waals surface area contributed by atoms with E-state index in [2.05, 4.69) is 15.2 Å². The van der Waals surface area contributed by atoms with Crippen LogP contribution in [0.1, 0.15) is 28.9 Å². The Balaban J connectivity index is 1.49. The SMILES string of the molecule is Cc1ccc2nc(C(=O)N[C@@H]3COC[C@H]3N3CCCC3)cn2c1. The number of carbonyl (C=O) groups excluding carboxylic acids is 1. The van der Waals surface area contributed by atoms with Crippen molar-refractivity contribution >= 4 is 11.6 Å². The van der Waals surface area contributed by atoms with Gasteiger partial charge in [-0.1, -0.05) is 6.07 Å². The van der Waals surface area contributed by atoms with E-state index in [1.807, 2.05) is 29.7 Å². The predicted octanol–water partition coefficient (Wildman–Crippen LogP) is 1.24. The molecule has 0 spiro atoms. The largest absolute Gasteiger partial charge is 0.378 e. The van der Waals surface area contributed by atoms with E-state index in [9.17, 15) is 4.79 Å². The number of likely N-dealkylation sites (tertiary alicyclic amines) is 1. The molecule has 0 bridgehead atoms. The summed E-state index contributed by atoms with van der Waals surface area (Å²) in [5, 5.41) is 3.12. The monoisotopic (exact) mass is 314 g/mol. The molecule has 0 saturated carbocycles. The summed E-state index contributed by atoms with van der Waals surface area (Å²) in [7, 11) is 0. The van der Waals surface area contributed by atoms with Crippen LogP contribution in [0.5, 0.6) is 0 Å². The summed E-state index contributed by atoms with van der Waals surface area (Å²) in [5.74, 6) is -0.119. The second-order valence-corrected chi connectivity index (χ2v) is 6.53. The molecule has 2 aliphatic heterocycles. The second-order valence-electron chi connectivity index (χ2n) is 6.53. The highest BCUT2D eigenvalue weighted by molar-refractivity contribution is 5.93. The molecule has 0 unspecified atom stereocenters. The number of ether oxygens (including phenoxy) is 1. The van der Waals surface area contributed by atoms with Crippen LogP contribution in [-0.4, -0.2) is 58.6 Å². The molecule has 2 fully saturated rings. The Kier molecular flexibility index (Phi) is 3.79. The summed E-state index contributed by atoms with van der Waals surface area (Å²) in [5.41, 5.74) is 2.39. The van der Waals surface area contributed by atoms with Gasteiger partial charge in [0.05, 0.1) is 25.3 Å². The molecule has 2 aliphatic rings. The molecule has 2 aromatic rings. The normalized spacial score (nSPS) is 25.3. The molecule has 0 aromatic carbocycles. The van der Waals surface area contributed by atoms with Gasteiger partial charge < -0.3 is 14.5 Å². The molecule has 2 saturated heterocycles. The zero-order valence-electron chi connectivity index (χ0n) is 13.4. The number of aryl methyl sites for hydroxylation is 1. The summed E-state index contributed by atoms with van der Waals surface area (Å²) in [4.78, 5) is 19.4. The van der Waals surface area contributed by atoms with Crippen molar-refractivity contribution in [2.75, 3.05) is 26.3 Å². The van der Waals surface area contributed by atoms with Crippen molar-refractivity contribution in [1.29, 1.82) is 0 Å². The molecule has 1 N–H and O–H groups in total. The van der Waals surface area contributed by atoms with Crippen LogP contribution < -0.4 is 5.32 Å². The lowest BCUT2D eigenvalue weighted by atomic mass is 10.1. The van der Waals surface area contributed by atoms with E-state index in [4.69, 9.17) is 4.74 Å². The van der Waals surface area contributed by atoms with Gasteiger partial charge in [0.1, 0.15) is 11.3 Å². The van der Waals surface area contributed by atoms with Crippen molar-refractivity contribution in [2.24, 2.45) is 0 Å². The Bertz CT molecular complexity index is 720. The lowest BCUT2D eigenvalue weighted by molar-refractivity contribution is 0.0912. The summed E-state index contributed by atoms with van der Waals surface area (Å²) < 4.78 is 7.51. The Morgan fingerprint density at radius 2 is 2.09 bits per heavy atom. The molecule has 0 aliphatic carbocycles. The Morgan fingerprint density at radius 3 is 2.91 bits per heavy atom. The van der Waals surface area contributed by atoms with Gasteiger partial charge in [0, 0.05) is 12.4 Å². The number of fused-ring (bicyclic) bond motifs is 1. The minimum absolute atomic E-state index is 0.0483. The van der Waals surface area contributed by atoms with E-state index in [0.29, 0.717) is 24.9 Å². The van der Waals surface area contributed by atoms with Gasteiger partial charge in [0.2, 0.25) is 0 Å². The zero-order chi connectivity index (χ0) is 15.8. The predicted molar refractivity (Wildman–Crippen MR) is 86.6 cm³/mol. The fourth-order valence-corrected chi connectivity index (χ4v) is 3.57. The van der Waals surface area contributed by atoms with Crippen LogP contribution in [0.15, 0.2) is 24.5 Å². The summed E-state index contributed by atoms with van der Waals surface area (Å²) >= 11 is 0. The van der Waals surface area contributed by atoms with Gasteiger partial charge in [-0.05, 0) is 44.5 Å². The fraction of sp³-hybridized carbons (Fsp3) is 0.529. The van der Waals surface area contributed by atoms with Crippen molar-refractivity contribution in [3.8, 4) is 0 Å². The summed E-state index contributed by atoms with van der Waals surface area (Å²) in [6.45, 7) is 5.52. The number of hydrogen-bond acceptors (Lipinski definition) is 4. The van der Waals surface area contributed by atoms with Crippen molar-refractivity contribution in [3.63, 3.8) is 0 Å². The average molecular weight is 314 g/mol. The van der Waals surface area contributed by atoms with E-state index < -0.39 is 0 Å². The number of imidazole rings is 1. The maximum absolute atomic E-state index is 12.6. The van der Waals surface area contributed by atoms with Crippen LogP contribution in [0, 0.1) is 6.92 Å². The number of pyridine rings is 1. The number of amides is 1.